The molecule has 3 heteroatoms. The normalized spacial score (nSPS) is 27.1. The third-order valence-corrected chi connectivity index (χ3v) is 4.56. The zero-order valence-electron chi connectivity index (χ0n) is 13.4. The zero-order valence-corrected chi connectivity index (χ0v) is 13.4. The van der Waals surface area contributed by atoms with Crippen molar-refractivity contribution in [3.05, 3.63) is 18.2 Å². The predicted molar refractivity (Wildman–Crippen MR) is 84.6 cm³/mol. The fourth-order valence-electron chi connectivity index (χ4n) is 3.82. The van der Waals surface area contributed by atoms with E-state index < -0.39 is 0 Å². The smallest absolute Gasteiger partial charge is 0.110 e. The summed E-state index contributed by atoms with van der Waals surface area (Å²) in [4.78, 5) is 4.54. The molecule has 0 radical (unpaired) electrons. The minimum Gasteiger partial charge on any atom is -0.335 e. The third-order valence-electron chi connectivity index (χ3n) is 4.56. The molecule has 1 aliphatic rings. The van der Waals surface area contributed by atoms with Crippen LogP contribution in [-0.2, 0) is 13.0 Å². The van der Waals surface area contributed by atoms with Crippen LogP contribution in [0.2, 0.25) is 0 Å². The second-order valence-corrected chi connectivity index (χ2v) is 7.17. The van der Waals surface area contributed by atoms with Gasteiger partial charge in [-0.15, -0.1) is 0 Å². The number of hydrogen-bond donors (Lipinski definition) is 1. The molecule has 2 N–H and O–H groups in total. The molecule has 3 nitrogen and oxygen atoms in total. The van der Waals surface area contributed by atoms with Gasteiger partial charge in [0.1, 0.15) is 5.82 Å². The maximum Gasteiger partial charge on any atom is 0.110 e. The molecule has 1 aliphatic carbocycles. The van der Waals surface area contributed by atoms with Gasteiger partial charge in [0, 0.05) is 30.9 Å². The molecule has 0 aromatic carbocycles. The molecular weight excluding hydrogens is 246 g/mol. The van der Waals surface area contributed by atoms with Crippen molar-refractivity contribution in [2.45, 2.75) is 77.8 Å². The maximum atomic E-state index is 6.73. The number of hydrogen-bond acceptors (Lipinski definition) is 2. The molecule has 0 saturated heterocycles. The van der Waals surface area contributed by atoms with Crippen molar-refractivity contribution in [1.29, 1.82) is 0 Å². The van der Waals surface area contributed by atoms with Gasteiger partial charge in [-0.1, -0.05) is 33.6 Å². The summed E-state index contributed by atoms with van der Waals surface area (Å²) >= 11 is 0. The van der Waals surface area contributed by atoms with Gasteiger partial charge in [-0.05, 0) is 37.5 Å². The average Bonchev–Trinajstić information content (AvgIpc) is 2.75. The van der Waals surface area contributed by atoms with Crippen LogP contribution in [0, 0.1) is 11.8 Å². The summed E-state index contributed by atoms with van der Waals surface area (Å²) in [6.07, 6.45) is 12.4. The predicted octanol–water partition coefficient (Wildman–Crippen LogP) is 3.77. The first-order chi connectivity index (χ1) is 9.52. The molecule has 0 spiro atoms. The molecule has 2 unspecified atom stereocenters. The van der Waals surface area contributed by atoms with Gasteiger partial charge in [0.05, 0.1) is 0 Å². The molecule has 0 amide bonds. The standard InChI is InChI=1S/C17H31N3/c1-4-9-20-10-8-19-16(20)13-17(18)7-5-6-15(12-17)11-14(2)3/h8,10,14-15H,4-7,9,11-13,18H2,1-3H3. The van der Waals surface area contributed by atoms with Gasteiger partial charge < -0.3 is 10.3 Å². The lowest BCUT2D eigenvalue weighted by molar-refractivity contribution is 0.197. The van der Waals surface area contributed by atoms with Crippen LogP contribution in [0.1, 0.15) is 65.1 Å². The van der Waals surface area contributed by atoms with Crippen LogP contribution < -0.4 is 5.73 Å². The van der Waals surface area contributed by atoms with Crippen molar-refractivity contribution in [1.82, 2.24) is 9.55 Å². The van der Waals surface area contributed by atoms with Crippen LogP contribution in [0.3, 0.4) is 0 Å². The van der Waals surface area contributed by atoms with E-state index in [9.17, 15) is 0 Å². The van der Waals surface area contributed by atoms with E-state index in [-0.39, 0.29) is 5.54 Å². The van der Waals surface area contributed by atoms with Crippen molar-refractivity contribution < 1.29 is 0 Å². The average molecular weight is 277 g/mol. The van der Waals surface area contributed by atoms with Crippen LogP contribution in [0.15, 0.2) is 12.4 Å². The first kappa shape index (κ1) is 15.6. The van der Waals surface area contributed by atoms with Crippen LogP contribution >= 0.6 is 0 Å². The number of nitrogens with two attached hydrogens (primary N) is 1. The number of aryl methyl sites for hydroxylation is 1. The van der Waals surface area contributed by atoms with Gasteiger partial charge >= 0.3 is 0 Å². The lowest BCUT2D eigenvalue weighted by Gasteiger charge is -2.38. The number of imidazole rings is 1. The van der Waals surface area contributed by atoms with Crippen LogP contribution in [0.25, 0.3) is 0 Å². The van der Waals surface area contributed by atoms with Gasteiger partial charge in [0.2, 0.25) is 0 Å². The highest BCUT2D eigenvalue weighted by Crippen LogP contribution is 2.36. The van der Waals surface area contributed by atoms with Crippen molar-refractivity contribution in [3.8, 4) is 0 Å². The van der Waals surface area contributed by atoms with E-state index in [1.165, 1.54) is 31.5 Å². The molecule has 1 aromatic rings. The summed E-state index contributed by atoms with van der Waals surface area (Å²) in [6, 6.07) is 0. The van der Waals surface area contributed by atoms with Crippen LogP contribution in [0.4, 0.5) is 0 Å². The Balaban J connectivity index is 2.00. The van der Waals surface area contributed by atoms with Gasteiger partial charge in [-0.2, -0.15) is 0 Å². The Hall–Kier alpha value is -0.830. The van der Waals surface area contributed by atoms with E-state index in [4.69, 9.17) is 5.73 Å². The Bertz CT molecular complexity index is 410. The van der Waals surface area contributed by atoms with Gasteiger partial charge in [0.15, 0.2) is 0 Å². The molecule has 2 atom stereocenters. The van der Waals surface area contributed by atoms with Crippen molar-refractivity contribution >= 4 is 0 Å². The molecule has 2 rings (SSSR count). The Labute approximate surface area is 124 Å². The summed E-state index contributed by atoms with van der Waals surface area (Å²) in [5.41, 5.74) is 6.70. The fraction of sp³-hybridized carbons (Fsp3) is 0.824. The van der Waals surface area contributed by atoms with E-state index in [0.29, 0.717) is 0 Å². The van der Waals surface area contributed by atoms with Crippen molar-refractivity contribution in [3.63, 3.8) is 0 Å². The molecule has 20 heavy (non-hydrogen) atoms. The molecular formula is C17H31N3. The van der Waals surface area contributed by atoms with Gasteiger partial charge in [-0.3, -0.25) is 0 Å². The summed E-state index contributed by atoms with van der Waals surface area (Å²) < 4.78 is 2.28. The summed E-state index contributed by atoms with van der Waals surface area (Å²) in [7, 11) is 0. The first-order valence-electron chi connectivity index (χ1n) is 8.31. The lowest BCUT2D eigenvalue weighted by atomic mass is 9.72. The summed E-state index contributed by atoms with van der Waals surface area (Å²) in [5.74, 6) is 2.77. The monoisotopic (exact) mass is 277 g/mol. The summed E-state index contributed by atoms with van der Waals surface area (Å²) in [6.45, 7) is 7.91. The van der Waals surface area contributed by atoms with Crippen molar-refractivity contribution in [2.75, 3.05) is 0 Å². The number of aromatic nitrogens is 2. The molecule has 1 heterocycles. The topological polar surface area (TPSA) is 43.8 Å². The minimum atomic E-state index is -0.0331. The van der Waals surface area contributed by atoms with E-state index in [1.54, 1.807) is 0 Å². The highest BCUT2D eigenvalue weighted by atomic mass is 15.1. The van der Waals surface area contributed by atoms with Gasteiger partial charge in [0.25, 0.3) is 0 Å². The SMILES string of the molecule is CCCn1ccnc1CC1(N)CCCC(CC(C)C)C1. The first-order valence-corrected chi connectivity index (χ1v) is 8.31. The molecule has 1 aromatic heterocycles. The third kappa shape index (κ3) is 4.08. The van der Waals surface area contributed by atoms with Crippen molar-refractivity contribution in [2.24, 2.45) is 17.6 Å². The summed E-state index contributed by atoms with van der Waals surface area (Å²) in [5, 5.41) is 0. The van der Waals surface area contributed by atoms with E-state index in [0.717, 1.165) is 37.6 Å². The zero-order chi connectivity index (χ0) is 14.6. The Kier molecular flexibility index (Phi) is 5.25. The molecule has 0 bridgehead atoms. The minimum absolute atomic E-state index is 0.0331. The highest BCUT2D eigenvalue weighted by Gasteiger charge is 2.34. The Morgan fingerprint density at radius 2 is 2.30 bits per heavy atom. The molecule has 0 aliphatic heterocycles. The van der Waals surface area contributed by atoms with Crippen LogP contribution in [-0.4, -0.2) is 15.1 Å². The van der Waals surface area contributed by atoms with E-state index >= 15 is 0 Å². The largest absolute Gasteiger partial charge is 0.335 e. The second-order valence-electron chi connectivity index (χ2n) is 7.17. The number of nitrogens with zero attached hydrogens (tertiary/aromatic N) is 2. The van der Waals surface area contributed by atoms with Crippen LogP contribution in [0.5, 0.6) is 0 Å². The van der Waals surface area contributed by atoms with E-state index in [2.05, 4.69) is 36.5 Å². The maximum absolute atomic E-state index is 6.73. The lowest BCUT2D eigenvalue weighted by Crippen LogP contribution is -2.47. The Morgan fingerprint density at radius 1 is 1.50 bits per heavy atom. The molecule has 1 saturated carbocycles. The Morgan fingerprint density at radius 3 is 3.00 bits per heavy atom. The van der Waals surface area contributed by atoms with E-state index in [1.807, 2.05) is 6.20 Å². The molecule has 114 valence electrons. The quantitative estimate of drug-likeness (QED) is 0.860. The second kappa shape index (κ2) is 6.75. The molecule has 1 fully saturated rings. The highest BCUT2D eigenvalue weighted by molar-refractivity contribution is 5.03. The van der Waals surface area contributed by atoms with Gasteiger partial charge in [-0.25, -0.2) is 4.98 Å². The number of rotatable bonds is 6. The fourth-order valence-corrected chi connectivity index (χ4v) is 3.82.